The third-order valence-electron chi connectivity index (χ3n) is 4.61. The number of amides is 2. The minimum Gasteiger partial charge on any atom is -0.368 e. The Morgan fingerprint density at radius 2 is 1.63 bits per heavy atom. The molecule has 1 heterocycles. The third kappa shape index (κ3) is 7.56. The van der Waals surface area contributed by atoms with E-state index in [1.54, 1.807) is 0 Å². The molecule has 2 rings (SSSR count). The summed E-state index contributed by atoms with van der Waals surface area (Å²) in [4.78, 5) is 28.4. The largest absolute Gasteiger partial charge is 0.368 e. The zero-order valence-corrected chi connectivity index (χ0v) is 17.9. The van der Waals surface area contributed by atoms with Crippen LogP contribution < -0.4 is 16.0 Å². The predicted molar refractivity (Wildman–Crippen MR) is 115 cm³/mol. The molecule has 27 heavy (non-hydrogen) atoms. The third-order valence-corrected chi connectivity index (χ3v) is 4.61. The Hall–Kier alpha value is -1.50. The lowest BCUT2D eigenvalue weighted by Gasteiger charge is -2.36. The molecule has 1 aromatic rings. The average Bonchev–Trinajstić information content (AvgIpc) is 2.61. The van der Waals surface area contributed by atoms with Gasteiger partial charge in [-0.1, -0.05) is 39.0 Å². The highest BCUT2D eigenvalue weighted by molar-refractivity contribution is 5.85. The molecule has 6 nitrogen and oxygen atoms in total. The number of carbonyl (C=O) groups is 2. The Labute approximate surface area is 174 Å². The molecule has 154 valence electrons. The molecule has 1 atom stereocenters. The van der Waals surface area contributed by atoms with Gasteiger partial charge in [-0.05, 0) is 17.5 Å². The fourth-order valence-electron chi connectivity index (χ4n) is 2.81. The van der Waals surface area contributed by atoms with Crippen LogP contribution in [0.15, 0.2) is 30.3 Å². The molecule has 1 saturated heterocycles. The van der Waals surface area contributed by atoms with Crippen molar-refractivity contribution in [3.63, 3.8) is 0 Å². The van der Waals surface area contributed by atoms with Gasteiger partial charge in [-0.2, -0.15) is 0 Å². The van der Waals surface area contributed by atoms with Crippen molar-refractivity contribution in [2.75, 3.05) is 37.6 Å². The van der Waals surface area contributed by atoms with E-state index in [1.807, 2.05) is 43.9 Å². The standard InChI is InChI=1S/C19H30N4O2.2ClH/c1-19(2,3)17(20)18(25)21-10-9-16(24)23-13-11-22(12-14-23)15-7-5-4-6-8-15;;/h4-8,17H,9-14,20H2,1-3H3,(H,21,25);2*1H/t17-;;/m1../s1. The molecule has 2 amide bonds. The van der Waals surface area contributed by atoms with Crippen LogP contribution in [0.25, 0.3) is 0 Å². The van der Waals surface area contributed by atoms with Gasteiger partial charge in [0.25, 0.3) is 0 Å². The highest BCUT2D eigenvalue weighted by atomic mass is 35.5. The van der Waals surface area contributed by atoms with Gasteiger partial charge in [0, 0.05) is 44.8 Å². The van der Waals surface area contributed by atoms with E-state index in [0.29, 0.717) is 26.1 Å². The highest BCUT2D eigenvalue weighted by Crippen LogP contribution is 2.17. The van der Waals surface area contributed by atoms with Crippen molar-refractivity contribution >= 4 is 42.3 Å². The van der Waals surface area contributed by atoms with Crippen LogP contribution in [0.2, 0.25) is 0 Å². The number of rotatable bonds is 5. The summed E-state index contributed by atoms with van der Waals surface area (Å²) in [6, 6.07) is 9.66. The number of benzene rings is 1. The van der Waals surface area contributed by atoms with E-state index >= 15 is 0 Å². The first kappa shape index (κ1) is 25.5. The molecule has 0 aromatic heterocycles. The summed E-state index contributed by atoms with van der Waals surface area (Å²) in [6.45, 7) is 9.19. The molecular weight excluding hydrogens is 387 g/mol. The maximum absolute atomic E-state index is 12.3. The van der Waals surface area contributed by atoms with E-state index in [2.05, 4.69) is 22.3 Å². The topological polar surface area (TPSA) is 78.7 Å². The number of nitrogens with zero attached hydrogens (tertiary/aromatic N) is 2. The summed E-state index contributed by atoms with van der Waals surface area (Å²) in [7, 11) is 0. The number of anilines is 1. The molecule has 3 N–H and O–H groups in total. The summed E-state index contributed by atoms with van der Waals surface area (Å²) >= 11 is 0. The molecule has 8 heteroatoms. The Morgan fingerprint density at radius 1 is 1.07 bits per heavy atom. The quantitative estimate of drug-likeness (QED) is 0.766. The van der Waals surface area contributed by atoms with Gasteiger partial charge in [-0.3, -0.25) is 9.59 Å². The maximum atomic E-state index is 12.3. The van der Waals surface area contributed by atoms with Gasteiger partial charge in [-0.25, -0.2) is 0 Å². The Morgan fingerprint density at radius 3 is 2.15 bits per heavy atom. The van der Waals surface area contributed by atoms with Gasteiger partial charge in [0.1, 0.15) is 0 Å². The second kappa shape index (κ2) is 11.4. The first-order valence-corrected chi connectivity index (χ1v) is 8.90. The van der Waals surface area contributed by atoms with Gasteiger partial charge >= 0.3 is 0 Å². The van der Waals surface area contributed by atoms with Crippen LogP contribution in [-0.2, 0) is 9.59 Å². The van der Waals surface area contributed by atoms with Crippen LogP contribution in [0.1, 0.15) is 27.2 Å². The molecule has 0 aliphatic carbocycles. The lowest BCUT2D eigenvalue weighted by atomic mass is 9.87. The van der Waals surface area contributed by atoms with Crippen LogP contribution >= 0.6 is 24.8 Å². The Balaban J connectivity index is 0.00000338. The summed E-state index contributed by atoms with van der Waals surface area (Å²) in [5.41, 5.74) is 6.81. The maximum Gasteiger partial charge on any atom is 0.237 e. The van der Waals surface area contributed by atoms with Crippen molar-refractivity contribution in [3.05, 3.63) is 30.3 Å². The molecule has 0 bridgehead atoms. The summed E-state index contributed by atoms with van der Waals surface area (Å²) < 4.78 is 0. The fraction of sp³-hybridized carbons (Fsp3) is 0.579. The number of hydrogen-bond donors (Lipinski definition) is 2. The predicted octanol–water partition coefficient (Wildman–Crippen LogP) is 2.06. The van der Waals surface area contributed by atoms with Gasteiger partial charge in [0.05, 0.1) is 6.04 Å². The number of nitrogens with two attached hydrogens (primary N) is 1. The summed E-state index contributed by atoms with van der Waals surface area (Å²) in [5, 5.41) is 2.77. The van der Waals surface area contributed by atoms with E-state index in [1.165, 1.54) is 5.69 Å². The van der Waals surface area contributed by atoms with Crippen LogP contribution in [-0.4, -0.2) is 55.5 Å². The van der Waals surface area contributed by atoms with Gasteiger partial charge < -0.3 is 20.9 Å². The van der Waals surface area contributed by atoms with E-state index in [-0.39, 0.29) is 42.0 Å². The van der Waals surface area contributed by atoms with Crippen molar-refractivity contribution in [1.82, 2.24) is 10.2 Å². The molecule has 1 aromatic carbocycles. The van der Waals surface area contributed by atoms with E-state index < -0.39 is 6.04 Å². The molecule has 1 fully saturated rings. The lowest BCUT2D eigenvalue weighted by molar-refractivity contribution is -0.131. The Kier molecular flexibility index (Phi) is 10.7. The summed E-state index contributed by atoms with van der Waals surface area (Å²) in [5.74, 6) is -0.119. The first-order chi connectivity index (χ1) is 11.8. The van der Waals surface area contributed by atoms with Crippen molar-refractivity contribution in [2.45, 2.75) is 33.2 Å². The van der Waals surface area contributed by atoms with Crippen molar-refractivity contribution in [1.29, 1.82) is 0 Å². The summed E-state index contributed by atoms with van der Waals surface area (Å²) in [6.07, 6.45) is 0.313. The minimum atomic E-state index is -0.572. The fourth-order valence-corrected chi connectivity index (χ4v) is 2.81. The smallest absolute Gasteiger partial charge is 0.237 e. The number of piperazine rings is 1. The van der Waals surface area contributed by atoms with Gasteiger partial charge in [0.2, 0.25) is 11.8 Å². The first-order valence-electron chi connectivity index (χ1n) is 8.90. The van der Waals surface area contributed by atoms with Gasteiger partial charge in [0.15, 0.2) is 0 Å². The zero-order valence-electron chi connectivity index (χ0n) is 16.3. The molecule has 1 aliphatic rings. The minimum absolute atomic E-state index is 0. The Bertz CT molecular complexity index is 585. The van der Waals surface area contributed by atoms with E-state index in [9.17, 15) is 9.59 Å². The van der Waals surface area contributed by atoms with Crippen molar-refractivity contribution in [2.24, 2.45) is 11.1 Å². The molecule has 0 radical (unpaired) electrons. The van der Waals surface area contributed by atoms with Crippen LogP contribution in [0.5, 0.6) is 0 Å². The molecule has 0 saturated carbocycles. The lowest BCUT2D eigenvalue weighted by Crippen LogP contribution is -2.51. The number of halogens is 2. The van der Waals surface area contributed by atoms with E-state index in [0.717, 1.165) is 13.1 Å². The van der Waals surface area contributed by atoms with E-state index in [4.69, 9.17) is 5.73 Å². The number of carbonyl (C=O) groups excluding carboxylic acids is 2. The highest BCUT2D eigenvalue weighted by Gasteiger charge is 2.27. The number of hydrogen-bond acceptors (Lipinski definition) is 4. The van der Waals surface area contributed by atoms with Crippen LogP contribution in [0.3, 0.4) is 0 Å². The van der Waals surface area contributed by atoms with Crippen LogP contribution in [0, 0.1) is 5.41 Å². The zero-order chi connectivity index (χ0) is 18.4. The molecule has 0 unspecified atom stereocenters. The molecule has 1 aliphatic heterocycles. The second-order valence-corrected chi connectivity index (χ2v) is 7.59. The monoisotopic (exact) mass is 418 g/mol. The van der Waals surface area contributed by atoms with Gasteiger partial charge in [-0.15, -0.1) is 24.8 Å². The SMILES string of the molecule is CC(C)(C)[C@H](N)C(=O)NCCC(=O)N1CCN(c2ccccc2)CC1.Cl.Cl. The molecular formula is C19H32Cl2N4O2. The number of nitrogens with one attached hydrogen (secondary N) is 1. The van der Waals surface area contributed by atoms with Crippen LogP contribution in [0.4, 0.5) is 5.69 Å². The molecule has 0 spiro atoms. The number of para-hydroxylation sites is 1. The normalized spacial score (nSPS) is 15.3. The second-order valence-electron chi connectivity index (χ2n) is 7.59. The average molecular weight is 419 g/mol. The van der Waals surface area contributed by atoms with Crippen molar-refractivity contribution in [3.8, 4) is 0 Å². The van der Waals surface area contributed by atoms with Crippen molar-refractivity contribution < 1.29 is 9.59 Å².